The Bertz CT molecular complexity index is 820. The fourth-order valence-electron chi connectivity index (χ4n) is 2.94. The summed E-state index contributed by atoms with van der Waals surface area (Å²) >= 11 is 5.77. The lowest BCUT2D eigenvalue weighted by atomic mass is 9.94. The second kappa shape index (κ2) is 5.67. The molecule has 4 rings (SSSR count). The molecule has 2 aromatic carbocycles. The number of anilines is 1. The predicted molar refractivity (Wildman–Crippen MR) is 88.4 cm³/mol. The van der Waals surface area contributed by atoms with Crippen molar-refractivity contribution in [3.63, 3.8) is 0 Å². The third-order valence-electron chi connectivity index (χ3n) is 4.46. The molecule has 0 bridgehead atoms. The maximum Gasteiger partial charge on any atom is 0.235 e. The molecular weight excluding hydrogens is 333 g/mol. The summed E-state index contributed by atoms with van der Waals surface area (Å²) in [6, 6.07) is 9.76. The molecule has 24 heavy (non-hydrogen) atoms. The summed E-state index contributed by atoms with van der Waals surface area (Å²) in [5.41, 5.74) is 0.809. The number of hydrogen-bond donors (Lipinski definition) is 1. The highest BCUT2D eigenvalue weighted by molar-refractivity contribution is 6.31. The molecule has 1 N–H and O–H groups in total. The van der Waals surface area contributed by atoms with E-state index in [1.54, 1.807) is 0 Å². The van der Waals surface area contributed by atoms with Gasteiger partial charge in [0.1, 0.15) is 19.0 Å². The van der Waals surface area contributed by atoms with Gasteiger partial charge in [-0.3, -0.25) is 4.79 Å². The molecule has 2 aliphatic rings. The fourth-order valence-corrected chi connectivity index (χ4v) is 3.12. The van der Waals surface area contributed by atoms with E-state index in [9.17, 15) is 9.18 Å². The van der Waals surface area contributed by atoms with Crippen LogP contribution in [-0.4, -0.2) is 19.1 Å². The highest BCUT2D eigenvalue weighted by atomic mass is 35.5. The molecule has 1 fully saturated rings. The number of benzene rings is 2. The molecule has 0 aromatic heterocycles. The minimum Gasteiger partial charge on any atom is -0.486 e. The first-order valence-electron chi connectivity index (χ1n) is 7.75. The standard InChI is InChI=1S/C18H15ClFNO3/c19-13-10-12(2-3-14(13)20)21-17(22)18(5-6-18)11-1-4-15-16(9-11)24-8-7-23-15/h1-4,9-10H,5-8H2,(H,21,22). The van der Waals surface area contributed by atoms with E-state index in [0.717, 1.165) is 18.4 Å². The van der Waals surface area contributed by atoms with E-state index in [4.69, 9.17) is 21.1 Å². The molecule has 124 valence electrons. The molecule has 0 spiro atoms. The third-order valence-corrected chi connectivity index (χ3v) is 4.75. The van der Waals surface area contributed by atoms with E-state index in [2.05, 4.69) is 5.32 Å². The van der Waals surface area contributed by atoms with Crippen molar-refractivity contribution in [2.24, 2.45) is 0 Å². The van der Waals surface area contributed by atoms with E-state index in [-0.39, 0.29) is 10.9 Å². The average molecular weight is 348 g/mol. The lowest BCUT2D eigenvalue weighted by Gasteiger charge is -2.21. The van der Waals surface area contributed by atoms with Crippen molar-refractivity contribution in [1.29, 1.82) is 0 Å². The van der Waals surface area contributed by atoms with Crippen LogP contribution < -0.4 is 14.8 Å². The predicted octanol–water partition coefficient (Wildman–Crippen LogP) is 3.92. The molecule has 1 amide bonds. The molecule has 0 atom stereocenters. The first-order valence-corrected chi connectivity index (χ1v) is 8.13. The highest BCUT2D eigenvalue weighted by Crippen LogP contribution is 2.50. The van der Waals surface area contributed by atoms with Gasteiger partial charge in [-0.2, -0.15) is 0 Å². The zero-order valence-electron chi connectivity index (χ0n) is 12.8. The third kappa shape index (κ3) is 2.59. The Hall–Kier alpha value is -2.27. The van der Waals surface area contributed by atoms with Gasteiger partial charge >= 0.3 is 0 Å². The molecule has 0 radical (unpaired) electrons. The van der Waals surface area contributed by atoms with Gasteiger partial charge in [0.05, 0.1) is 10.4 Å². The maximum atomic E-state index is 13.2. The van der Waals surface area contributed by atoms with Gasteiger partial charge < -0.3 is 14.8 Å². The van der Waals surface area contributed by atoms with Gasteiger partial charge in [-0.1, -0.05) is 17.7 Å². The highest BCUT2D eigenvalue weighted by Gasteiger charge is 2.51. The second-order valence-corrected chi connectivity index (χ2v) is 6.43. The van der Waals surface area contributed by atoms with Crippen LogP contribution in [0.3, 0.4) is 0 Å². The van der Waals surface area contributed by atoms with Crippen molar-refractivity contribution in [2.45, 2.75) is 18.3 Å². The van der Waals surface area contributed by atoms with Crippen molar-refractivity contribution >= 4 is 23.2 Å². The SMILES string of the molecule is O=C(Nc1ccc(F)c(Cl)c1)C1(c2ccc3c(c2)OCCO3)CC1. The molecule has 1 aliphatic carbocycles. The van der Waals surface area contributed by atoms with Crippen LogP contribution in [0.25, 0.3) is 0 Å². The molecule has 0 unspecified atom stereocenters. The van der Waals surface area contributed by atoms with E-state index >= 15 is 0 Å². The maximum absolute atomic E-state index is 13.2. The molecule has 0 saturated heterocycles. The Kier molecular flexibility index (Phi) is 3.61. The number of halogens is 2. The Balaban J connectivity index is 1.58. The van der Waals surface area contributed by atoms with Gasteiger partial charge in [0.15, 0.2) is 11.5 Å². The van der Waals surface area contributed by atoms with Crippen LogP contribution in [0.5, 0.6) is 11.5 Å². The molecule has 1 saturated carbocycles. The number of carbonyl (C=O) groups excluding carboxylic acids is 1. The van der Waals surface area contributed by atoms with Crippen LogP contribution >= 0.6 is 11.6 Å². The largest absolute Gasteiger partial charge is 0.486 e. The summed E-state index contributed by atoms with van der Waals surface area (Å²) in [5.74, 6) is 0.735. The monoisotopic (exact) mass is 347 g/mol. The van der Waals surface area contributed by atoms with Crippen LogP contribution in [0.15, 0.2) is 36.4 Å². The lowest BCUT2D eigenvalue weighted by molar-refractivity contribution is -0.118. The van der Waals surface area contributed by atoms with Crippen LogP contribution in [0, 0.1) is 5.82 Å². The number of carbonyl (C=O) groups is 1. The number of rotatable bonds is 3. The quantitative estimate of drug-likeness (QED) is 0.915. The van der Waals surface area contributed by atoms with Crippen molar-refractivity contribution in [2.75, 3.05) is 18.5 Å². The summed E-state index contributed by atoms with van der Waals surface area (Å²) in [5, 5.41) is 2.81. The number of hydrogen-bond acceptors (Lipinski definition) is 3. The van der Waals surface area contributed by atoms with Gasteiger partial charge in [-0.05, 0) is 48.7 Å². The second-order valence-electron chi connectivity index (χ2n) is 6.02. The Morgan fingerprint density at radius 3 is 2.54 bits per heavy atom. The van der Waals surface area contributed by atoms with Gasteiger partial charge in [-0.25, -0.2) is 4.39 Å². The topological polar surface area (TPSA) is 47.6 Å². The number of fused-ring (bicyclic) bond motifs is 1. The zero-order chi connectivity index (χ0) is 16.7. The number of amides is 1. The summed E-state index contributed by atoms with van der Waals surface area (Å²) in [6.45, 7) is 1.03. The van der Waals surface area contributed by atoms with E-state index in [1.165, 1.54) is 18.2 Å². The van der Waals surface area contributed by atoms with Crippen LogP contribution in [0.1, 0.15) is 18.4 Å². The Labute approximate surface area is 143 Å². The fraction of sp³-hybridized carbons (Fsp3) is 0.278. The van der Waals surface area contributed by atoms with Gasteiger partial charge in [-0.15, -0.1) is 0 Å². The summed E-state index contributed by atoms with van der Waals surface area (Å²) in [7, 11) is 0. The summed E-state index contributed by atoms with van der Waals surface area (Å²) < 4.78 is 24.4. The number of nitrogens with one attached hydrogen (secondary N) is 1. The molecular formula is C18H15ClFNO3. The van der Waals surface area contributed by atoms with Crippen molar-refractivity contribution in [3.05, 3.63) is 52.8 Å². The van der Waals surface area contributed by atoms with Crippen LogP contribution in [0.2, 0.25) is 5.02 Å². The molecule has 6 heteroatoms. The van der Waals surface area contributed by atoms with Crippen molar-refractivity contribution in [3.8, 4) is 11.5 Å². The summed E-state index contributed by atoms with van der Waals surface area (Å²) in [6.07, 6.45) is 1.51. The van der Waals surface area contributed by atoms with Gasteiger partial charge in [0.25, 0.3) is 0 Å². The Morgan fingerprint density at radius 1 is 1.08 bits per heavy atom. The molecule has 1 heterocycles. The molecule has 2 aromatic rings. The molecule has 4 nitrogen and oxygen atoms in total. The van der Waals surface area contributed by atoms with Crippen LogP contribution in [-0.2, 0) is 10.2 Å². The minimum absolute atomic E-state index is 0.0167. The van der Waals surface area contributed by atoms with Crippen molar-refractivity contribution in [1.82, 2.24) is 0 Å². The van der Waals surface area contributed by atoms with Gasteiger partial charge in [0, 0.05) is 5.69 Å². The van der Waals surface area contributed by atoms with E-state index < -0.39 is 11.2 Å². The van der Waals surface area contributed by atoms with Gasteiger partial charge in [0.2, 0.25) is 5.91 Å². The smallest absolute Gasteiger partial charge is 0.235 e. The first kappa shape index (κ1) is 15.3. The first-order chi connectivity index (χ1) is 11.6. The lowest BCUT2D eigenvalue weighted by Crippen LogP contribution is -2.28. The molecule has 1 aliphatic heterocycles. The normalized spacial score (nSPS) is 17.2. The minimum atomic E-state index is -0.573. The van der Waals surface area contributed by atoms with E-state index in [0.29, 0.717) is 30.4 Å². The zero-order valence-corrected chi connectivity index (χ0v) is 13.5. The van der Waals surface area contributed by atoms with Crippen LogP contribution in [0.4, 0.5) is 10.1 Å². The summed E-state index contributed by atoms with van der Waals surface area (Å²) in [4.78, 5) is 12.7. The average Bonchev–Trinajstić information content (AvgIpc) is 3.40. The number of ether oxygens (including phenoxy) is 2. The van der Waals surface area contributed by atoms with Crippen molar-refractivity contribution < 1.29 is 18.7 Å². The Morgan fingerprint density at radius 2 is 1.83 bits per heavy atom. The van der Waals surface area contributed by atoms with E-state index in [1.807, 2.05) is 18.2 Å².